The molecule has 98 heavy (non-hydrogen) atoms. The van der Waals surface area contributed by atoms with Crippen LogP contribution in [0.2, 0.25) is 5.02 Å². The lowest BCUT2D eigenvalue weighted by molar-refractivity contribution is -0.300. The summed E-state index contributed by atoms with van der Waals surface area (Å²) in [6.07, 6.45) is 8.83. The number of pyridine rings is 1. The number of imidazole rings is 1. The number of esters is 1. The van der Waals surface area contributed by atoms with Crippen molar-refractivity contribution in [3.63, 3.8) is 0 Å². The highest BCUT2D eigenvalue weighted by atomic mass is 80.0. The minimum absolute atomic E-state index is 0. The number of carbonyl (C=O) groups excluding carboxylic acids is 2. The monoisotopic (exact) mass is 1640 g/mol. The second-order valence-electron chi connectivity index (χ2n) is 20.4. The Morgan fingerprint density at radius 2 is 1.27 bits per heavy atom. The van der Waals surface area contributed by atoms with Gasteiger partial charge in [0.25, 0.3) is 0 Å². The zero-order valence-corrected chi connectivity index (χ0v) is 62.9. The van der Waals surface area contributed by atoms with Gasteiger partial charge < -0.3 is 66.5 Å². The number of thioether (sulfide) groups is 2. The number of sulfone groups is 1. The van der Waals surface area contributed by atoms with E-state index in [1.54, 1.807) is 78.7 Å². The van der Waals surface area contributed by atoms with Gasteiger partial charge in [-0.15, -0.1) is 0 Å². The number of ether oxygens (including phenoxy) is 7. The van der Waals surface area contributed by atoms with E-state index < -0.39 is 23.3 Å². The number of alkyl halides is 3. The number of carboxylic acid groups (broad SMARTS) is 1. The minimum Gasteiger partial charge on any atom is -1.00 e. The van der Waals surface area contributed by atoms with Gasteiger partial charge in [-0.05, 0) is 192 Å². The zero-order valence-electron chi connectivity index (χ0n) is 53.4. The van der Waals surface area contributed by atoms with Crippen LogP contribution in [0, 0.1) is 13.8 Å². The summed E-state index contributed by atoms with van der Waals surface area (Å²) >= 11 is 19.4. The highest BCUT2D eigenvalue weighted by molar-refractivity contribution is 9.42. The van der Waals surface area contributed by atoms with Crippen molar-refractivity contribution in [1.29, 1.82) is 0 Å². The van der Waals surface area contributed by atoms with Gasteiger partial charge in [-0.25, -0.2) is 28.0 Å². The molecule has 5 heterocycles. The average molecular weight is 1640 g/mol. The number of aliphatic imine (C=N–C) groups is 1. The molecule has 11 rings (SSSR count). The van der Waals surface area contributed by atoms with Crippen LogP contribution >= 0.6 is 94.3 Å². The molecule has 0 unspecified atom stereocenters. The summed E-state index contributed by atoms with van der Waals surface area (Å²) in [5.74, 6) is 2.34. The van der Waals surface area contributed by atoms with Gasteiger partial charge in [0.15, 0.2) is 39.0 Å². The highest BCUT2D eigenvalue weighted by Crippen LogP contribution is 2.42. The number of halogens is 5. The molecule has 0 bridgehead atoms. The van der Waals surface area contributed by atoms with Gasteiger partial charge in [-0.2, -0.15) is 0 Å². The number of aromatic carboxylic acids is 1. The van der Waals surface area contributed by atoms with Gasteiger partial charge in [0.05, 0.1) is 48.8 Å². The Labute approximate surface area is 617 Å². The summed E-state index contributed by atoms with van der Waals surface area (Å²) in [6, 6.07) is 43.9. The Hall–Kier alpha value is -7.34. The largest absolute Gasteiger partial charge is 1.00 e. The van der Waals surface area contributed by atoms with E-state index in [0.717, 1.165) is 53.3 Å². The first kappa shape index (κ1) is 79.6. The molecule has 0 atom stereocenters. The molecule has 0 amide bonds. The van der Waals surface area contributed by atoms with Gasteiger partial charge in [0, 0.05) is 55.4 Å². The number of H-pyrrole nitrogens is 1. The SMILES string of the molecule is CC1=CC(=CC2=C([O-])C(=Cc3cc(C)[s+]c(C)c3)C2=O)C=C(C)S1.CN=C(N)SCc1nc2ccccc2[nH]1.O=C(Oc1ccccc1C(=O)O)c1ccc(Cl)cc1.O=S(=O)(c1ccccn1)C(Br)(Br)Br.[Cl-].c1ccc2c(c1)OCCOCCOc1ccccc1OCCOCCO2. The summed E-state index contributed by atoms with van der Waals surface area (Å²) in [7, 11) is -1.86. The highest BCUT2D eigenvalue weighted by Gasteiger charge is 2.38. The molecule has 19 nitrogen and oxygen atoms in total. The molecule has 4 N–H and O–H groups in total. The van der Waals surface area contributed by atoms with Gasteiger partial charge >= 0.3 is 11.9 Å². The zero-order chi connectivity index (χ0) is 69.9. The number of rotatable bonds is 8. The number of amidine groups is 1. The molecular formula is C70H67Br3Cl2N5O14S4-. The molecule has 0 radical (unpaired) electrons. The lowest BCUT2D eigenvalue weighted by atomic mass is 9.85. The van der Waals surface area contributed by atoms with Crippen LogP contribution in [0.25, 0.3) is 17.1 Å². The van der Waals surface area contributed by atoms with Gasteiger partial charge in [0.1, 0.15) is 43.6 Å². The standard InChI is InChI=1S/C20H24O6.C20H18O2S2.C14H9ClO4.C10H12N4S.C6H4Br3NO2S.ClH/c1-2-6-18-17(5-1)23-13-9-21-11-15-25-19-7-3-4-8-20(19)26-16-12-22-10-14-24-18;1-11-5-15(6-12(2)23-11)9-17-19(21)18(20(17)22)10-16-7-13(3)24-14(4)8-16;15-10-7-5-9(6-8-10)14(18)19-12-4-2-1-3-11(12)13(16)17;1-12-10(11)15-6-9-13-7-4-2-3-5-8(7)14-9;7-6(8,9)13(11,12)5-3-1-2-4-10-5;/h1-8H,9-16H2;5-10H,1-4H3;1-8H,(H,16,17);2-5H,6H2,1H3,(H2,11,12)(H,13,14);1-4H;1H/p-1. The first-order chi connectivity index (χ1) is 46.5. The number of allylic oxidation sites excluding steroid dienone is 8. The fraction of sp³-hybridized carbons (Fsp3) is 0.214. The predicted molar refractivity (Wildman–Crippen MR) is 394 cm³/mol. The first-order valence-corrected chi connectivity index (χ1v) is 36.4. The summed E-state index contributed by atoms with van der Waals surface area (Å²) < 4.78 is 61.1. The number of carbonyl (C=O) groups is 3. The molecular weight excluding hydrogens is 1570 g/mol. The van der Waals surface area contributed by atoms with E-state index in [-0.39, 0.29) is 51.4 Å². The second-order valence-corrected chi connectivity index (χ2v) is 35.2. The van der Waals surface area contributed by atoms with E-state index >= 15 is 0 Å². The summed E-state index contributed by atoms with van der Waals surface area (Å²) in [5.41, 5.74) is 10.2. The van der Waals surface area contributed by atoms with Crippen molar-refractivity contribution in [1.82, 2.24) is 15.0 Å². The Bertz CT molecular complexity index is 4160. The number of hydrogen-bond acceptors (Lipinski definition) is 18. The lowest BCUT2D eigenvalue weighted by Gasteiger charge is -2.29. The molecule has 0 fully saturated rings. The number of benzene rings is 5. The van der Waals surface area contributed by atoms with Crippen molar-refractivity contribution in [3.05, 3.63) is 246 Å². The molecule has 3 aromatic heterocycles. The minimum atomic E-state index is -3.54. The Morgan fingerprint density at radius 3 is 1.76 bits per heavy atom. The molecule has 0 saturated heterocycles. The van der Waals surface area contributed by atoms with E-state index in [9.17, 15) is 27.9 Å². The molecule has 516 valence electrons. The van der Waals surface area contributed by atoms with Gasteiger partial charge in [-0.1, -0.05) is 95.5 Å². The number of ketones is 1. The number of Topliss-reactive ketones (excluding diaryl/α,β-unsaturated/α-hetero) is 1. The maximum Gasteiger partial charge on any atom is 0.343 e. The van der Waals surface area contributed by atoms with Crippen LogP contribution in [0.15, 0.2) is 218 Å². The Morgan fingerprint density at radius 1 is 0.755 bits per heavy atom. The van der Waals surface area contributed by atoms with Crippen LogP contribution in [0.5, 0.6) is 28.7 Å². The topological polar surface area (TPSA) is 273 Å². The molecule has 1 aliphatic carbocycles. The van der Waals surface area contributed by atoms with Crippen molar-refractivity contribution < 1.29 is 78.6 Å². The fourth-order valence-corrected chi connectivity index (χ4v) is 13.3. The maximum atomic E-state index is 12.4. The molecule has 8 aromatic rings. The quantitative estimate of drug-likeness (QED) is 0.0242. The molecule has 0 spiro atoms. The number of para-hydroxylation sites is 7. The number of carboxylic acids is 1. The van der Waals surface area contributed by atoms with Crippen LogP contribution in [-0.4, -0.2) is 113 Å². The number of nitrogens with zero attached hydrogens (tertiary/aromatic N) is 3. The predicted octanol–water partition coefficient (Wildman–Crippen LogP) is 12.3. The third-order valence-electron chi connectivity index (χ3n) is 13.0. The van der Waals surface area contributed by atoms with Crippen molar-refractivity contribution in [2.45, 2.75) is 39.9 Å². The van der Waals surface area contributed by atoms with E-state index in [0.29, 0.717) is 91.6 Å². The van der Waals surface area contributed by atoms with Crippen molar-refractivity contribution in [2.24, 2.45) is 10.7 Å². The summed E-state index contributed by atoms with van der Waals surface area (Å²) in [4.78, 5) is 55.1. The van der Waals surface area contributed by atoms with Crippen LogP contribution < -0.4 is 46.9 Å². The number of aryl methyl sites for hydroxylation is 2. The van der Waals surface area contributed by atoms with Crippen LogP contribution in [0.1, 0.15) is 55.7 Å². The number of nitrogens with two attached hydrogens (primary N) is 1. The molecule has 2 aliphatic heterocycles. The number of fused-ring (bicyclic) bond motifs is 3. The third-order valence-corrected chi connectivity index (χ3v) is 21.1. The molecule has 28 heteroatoms. The first-order valence-electron chi connectivity index (χ1n) is 29.5. The second kappa shape index (κ2) is 40.0. The lowest BCUT2D eigenvalue weighted by Crippen LogP contribution is -3.00. The number of aromatic amines is 1. The average Bonchev–Trinajstić information content (AvgIpc) is 0.882. The summed E-state index contributed by atoms with van der Waals surface area (Å²) in [6.45, 7) is 11.7. The number of nitrogens with one attached hydrogen (secondary N) is 1. The third kappa shape index (κ3) is 25.1. The van der Waals surface area contributed by atoms with Crippen LogP contribution in [0.4, 0.5) is 0 Å². The van der Waals surface area contributed by atoms with E-state index in [4.69, 9.17) is 55.6 Å². The Kier molecular flexibility index (Phi) is 32.5. The molecule has 3 aliphatic rings. The smallest absolute Gasteiger partial charge is 0.343 e. The van der Waals surface area contributed by atoms with E-state index in [2.05, 4.69) is 67.7 Å². The molecule has 5 aromatic carbocycles. The van der Waals surface area contributed by atoms with Crippen LogP contribution in [0.3, 0.4) is 0 Å². The summed E-state index contributed by atoms with van der Waals surface area (Å²) in [5, 5.41) is 22.4. The number of aromatic nitrogens is 3. The van der Waals surface area contributed by atoms with Gasteiger partial charge in [0.2, 0.25) is 32.4 Å². The number of hydrogen-bond donors (Lipinski definition) is 3. The molecule has 0 saturated carbocycles. The van der Waals surface area contributed by atoms with Crippen molar-refractivity contribution in [2.75, 3.05) is 59.9 Å². The van der Waals surface area contributed by atoms with Crippen molar-refractivity contribution in [3.8, 4) is 28.7 Å². The van der Waals surface area contributed by atoms with E-state index in [1.807, 2.05) is 125 Å². The van der Waals surface area contributed by atoms with Crippen LogP contribution in [-0.2, 0) is 29.9 Å². The fourth-order valence-electron chi connectivity index (χ4n) is 8.65. The van der Waals surface area contributed by atoms with Gasteiger partial charge in [-0.3, -0.25) is 9.79 Å². The van der Waals surface area contributed by atoms with Crippen molar-refractivity contribution >= 4 is 144 Å². The maximum absolute atomic E-state index is 12.4. The van der Waals surface area contributed by atoms with E-state index in [1.165, 1.54) is 48.3 Å². The normalized spacial score (nSPS) is 14.7. The Balaban J connectivity index is 0.000000197.